The molecular formula is C15H21N5S. The van der Waals surface area contributed by atoms with Crippen molar-refractivity contribution in [2.75, 3.05) is 11.9 Å². The molecule has 0 aliphatic rings. The fourth-order valence-corrected chi connectivity index (χ4v) is 2.54. The molecule has 0 bridgehead atoms. The highest BCUT2D eigenvalue weighted by molar-refractivity contribution is 7.99. The Labute approximate surface area is 130 Å². The second-order valence-electron chi connectivity index (χ2n) is 5.09. The first-order valence-corrected chi connectivity index (χ1v) is 7.99. The number of hydrogen-bond donors (Lipinski definition) is 1. The van der Waals surface area contributed by atoms with Crippen molar-refractivity contribution in [1.82, 2.24) is 19.9 Å². The zero-order chi connectivity index (χ0) is 15.2. The first-order chi connectivity index (χ1) is 10.1. The van der Waals surface area contributed by atoms with Crippen LogP contribution < -0.4 is 5.32 Å². The molecular weight excluding hydrogens is 282 g/mol. The summed E-state index contributed by atoms with van der Waals surface area (Å²) in [6.45, 7) is 9.31. The maximum absolute atomic E-state index is 4.69. The SMILES string of the molecule is CCCNc1nc(C(C)C)nc(Sc2ccncn2)c1C. The molecule has 0 radical (unpaired) electrons. The highest BCUT2D eigenvalue weighted by atomic mass is 32.2. The van der Waals surface area contributed by atoms with Crippen molar-refractivity contribution in [3.8, 4) is 0 Å². The molecule has 5 nitrogen and oxygen atoms in total. The van der Waals surface area contributed by atoms with Crippen molar-refractivity contribution in [2.24, 2.45) is 0 Å². The van der Waals surface area contributed by atoms with Crippen LogP contribution >= 0.6 is 11.8 Å². The second-order valence-corrected chi connectivity index (χ2v) is 6.10. The van der Waals surface area contributed by atoms with Gasteiger partial charge in [-0.25, -0.2) is 19.9 Å². The number of hydrogen-bond acceptors (Lipinski definition) is 6. The molecule has 0 saturated carbocycles. The minimum absolute atomic E-state index is 0.289. The summed E-state index contributed by atoms with van der Waals surface area (Å²) < 4.78 is 0. The van der Waals surface area contributed by atoms with E-state index >= 15 is 0 Å². The molecule has 112 valence electrons. The largest absolute Gasteiger partial charge is 0.370 e. The Morgan fingerprint density at radius 3 is 2.71 bits per heavy atom. The fourth-order valence-electron chi connectivity index (χ4n) is 1.72. The van der Waals surface area contributed by atoms with Gasteiger partial charge in [0.05, 0.1) is 0 Å². The molecule has 0 fully saturated rings. The molecule has 1 N–H and O–H groups in total. The molecule has 21 heavy (non-hydrogen) atoms. The predicted octanol–water partition coefficient (Wildman–Crippen LogP) is 3.67. The van der Waals surface area contributed by atoms with Crippen molar-refractivity contribution in [3.05, 3.63) is 30.0 Å². The Bertz CT molecular complexity index is 586. The summed E-state index contributed by atoms with van der Waals surface area (Å²) in [6, 6.07) is 1.89. The molecule has 0 saturated heterocycles. The zero-order valence-corrected chi connectivity index (χ0v) is 13.7. The van der Waals surface area contributed by atoms with Gasteiger partial charge in [-0.05, 0) is 31.2 Å². The summed E-state index contributed by atoms with van der Waals surface area (Å²) in [4.78, 5) is 17.5. The molecule has 0 aromatic carbocycles. The number of aromatic nitrogens is 4. The summed E-state index contributed by atoms with van der Waals surface area (Å²) >= 11 is 1.55. The van der Waals surface area contributed by atoms with Gasteiger partial charge in [0.25, 0.3) is 0 Å². The van der Waals surface area contributed by atoms with Crippen LogP contribution in [0, 0.1) is 6.92 Å². The van der Waals surface area contributed by atoms with Gasteiger partial charge in [0, 0.05) is 24.2 Å². The lowest BCUT2D eigenvalue weighted by molar-refractivity contribution is 0.747. The van der Waals surface area contributed by atoms with Gasteiger partial charge in [-0.2, -0.15) is 0 Å². The lowest BCUT2D eigenvalue weighted by Gasteiger charge is -2.14. The summed E-state index contributed by atoms with van der Waals surface area (Å²) in [5, 5.41) is 5.23. The van der Waals surface area contributed by atoms with E-state index < -0.39 is 0 Å². The smallest absolute Gasteiger partial charge is 0.134 e. The predicted molar refractivity (Wildman–Crippen MR) is 85.8 cm³/mol. The topological polar surface area (TPSA) is 63.6 Å². The third-order valence-corrected chi connectivity index (χ3v) is 3.97. The molecule has 0 atom stereocenters. The van der Waals surface area contributed by atoms with E-state index in [1.807, 2.05) is 13.0 Å². The van der Waals surface area contributed by atoms with E-state index in [0.717, 1.165) is 40.2 Å². The molecule has 2 rings (SSSR count). The average Bonchev–Trinajstić information content (AvgIpc) is 2.49. The van der Waals surface area contributed by atoms with Crippen LogP contribution in [0.1, 0.15) is 44.5 Å². The first kappa shape index (κ1) is 15.7. The van der Waals surface area contributed by atoms with Gasteiger partial charge in [-0.3, -0.25) is 0 Å². The molecule has 0 unspecified atom stereocenters. The van der Waals surface area contributed by atoms with Crippen LogP contribution in [-0.2, 0) is 0 Å². The van der Waals surface area contributed by atoms with E-state index in [1.165, 1.54) is 0 Å². The van der Waals surface area contributed by atoms with Crippen LogP contribution in [-0.4, -0.2) is 26.5 Å². The number of rotatable bonds is 6. The van der Waals surface area contributed by atoms with Crippen LogP contribution in [0.25, 0.3) is 0 Å². The van der Waals surface area contributed by atoms with Crippen LogP contribution in [0.2, 0.25) is 0 Å². The molecule has 0 aliphatic heterocycles. The maximum atomic E-state index is 4.69. The van der Waals surface area contributed by atoms with Crippen molar-refractivity contribution >= 4 is 17.6 Å². The van der Waals surface area contributed by atoms with E-state index in [4.69, 9.17) is 0 Å². The Morgan fingerprint density at radius 1 is 1.29 bits per heavy atom. The van der Waals surface area contributed by atoms with Crippen LogP contribution in [0.5, 0.6) is 0 Å². The highest BCUT2D eigenvalue weighted by Crippen LogP contribution is 2.31. The summed E-state index contributed by atoms with van der Waals surface area (Å²) in [5.74, 6) is 2.07. The molecule has 0 amide bonds. The average molecular weight is 303 g/mol. The molecule has 0 aliphatic carbocycles. The van der Waals surface area contributed by atoms with Gasteiger partial charge < -0.3 is 5.32 Å². The standard InChI is InChI=1S/C15H21N5S/c1-5-7-17-14-11(4)15(20-13(19-14)10(2)3)21-12-6-8-16-9-18-12/h6,8-10H,5,7H2,1-4H3,(H,17,19,20). The Balaban J connectivity index is 2.36. The summed E-state index contributed by atoms with van der Waals surface area (Å²) in [7, 11) is 0. The molecule has 2 aromatic heterocycles. The van der Waals surface area contributed by atoms with Crippen LogP contribution in [0.3, 0.4) is 0 Å². The van der Waals surface area contributed by atoms with Gasteiger partial charge in [-0.15, -0.1) is 0 Å². The highest BCUT2D eigenvalue weighted by Gasteiger charge is 2.14. The van der Waals surface area contributed by atoms with Crippen molar-refractivity contribution in [2.45, 2.75) is 50.1 Å². The quantitative estimate of drug-likeness (QED) is 0.821. The van der Waals surface area contributed by atoms with Gasteiger partial charge in [0.2, 0.25) is 0 Å². The fraction of sp³-hybridized carbons (Fsp3) is 0.467. The third kappa shape index (κ3) is 4.14. The number of nitrogens with zero attached hydrogens (tertiary/aromatic N) is 4. The van der Waals surface area contributed by atoms with Crippen LogP contribution in [0.4, 0.5) is 5.82 Å². The number of nitrogens with one attached hydrogen (secondary N) is 1. The van der Waals surface area contributed by atoms with Gasteiger partial charge in [0.1, 0.15) is 28.0 Å². The lowest BCUT2D eigenvalue weighted by atomic mass is 10.2. The maximum Gasteiger partial charge on any atom is 0.134 e. The molecule has 2 heterocycles. The van der Waals surface area contributed by atoms with E-state index in [-0.39, 0.29) is 5.92 Å². The molecule has 6 heteroatoms. The lowest BCUT2D eigenvalue weighted by Crippen LogP contribution is -2.09. The third-order valence-electron chi connectivity index (χ3n) is 2.93. The minimum atomic E-state index is 0.289. The number of anilines is 1. The van der Waals surface area contributed by atoms with E-state index in [1.54, 1.807) is 24.3 Å². The normalized spacial score (nSPS) is 10.9. The van der Waals surface area contributed by atoms with E-state index in [2.05, 4.69) is 46.0 Å². The summed E-state index contributed by atoms with van der Waals surface area (Å²) in [5.41, 5.74) is 1.07. The van der Waals surface area contributed by atoms with Gasteiger partial charge in [-0.1, -0.05) is 20.8 Å². The van der Waals surface area contributed by atoms with Crippen molar-refractivity contribution < 1.29 is 0 Å². The summed E-state index contributed by atoms with van der Waals surface area (Å²) in [6.07, 6.45) is 4.36. The Kier molecular flexibility index (Phi) is 5.50. The monoisotopic (exact) mass is 303 g/mol. The molecule has 0 spiro atoms. The Hall–Kier alpha value is -1.69. The van der Waals surface area contributed by atoms with E-state index in [0.29, 0.717) is 0 Å². The Morgan fingerprint density at radius 2 is 2.10 bits per heavy atom. The minimum Gasteiger partial charge on any atom is -0.370 e. The zero-order valence-electron chi connectivity index (χ0n) is 12.9. The van der Waals surface area contributed by atoms with Gasteiger partial charge >= 0.3 is 0 Å². The van der Waals surface area contributed by atoms with Crippen molar-refractivity contribution in [1.29, 1.82) is 0 Å². The van der Waals surface area contributed by atoms with E-state index in [9.17, 15) is 0 Å². The first-order valence-electron chi connectivity index (χ1n) is 7.18. The molecule has 2 aromatic rings. The second kappa shape index (κ2) is 7.36. The van der Waals surface area contributed by atoms with Gasteiger partial charge in [0.15, 0.2) is 0 Å². The van der Waals surface area contributed by atoms with Crippen LogP contribution in [0.15, 0.2) is 28.6 Å². The van der Waals surface area contributed by atoms with Crippen molar-refractivity contribution in [3.63, 3.8) is 0 Å².